The van der Waals surface area contributed by atoms with Crippen LogP contribution in [0.15, 0.2) is 4.52 Å². The highest BCUT2D eigenvalue weighted by atomic mass is 16.6. The molecule has 1 aromatic heterocycles. The highest BCUT2D eigenvalue weighted by Gasteiger charge is 2.35. The summed E-state index contributed by atoms with van der Waals surface area (Å²) in [4.78, 5) is 12.5. The van der Waals surface area contributed by atoms with Crippen LogP contribution in [0.5, 0.6) is 0 Å². The first-order valence-electron chi connectivity index (χ1n) is 8.33. The minimum absolute atomic E-state index is 0.105. The molecule has 3 aliphatic rings. The molecule has 6 heteroatoms. The summed E-state index contributed by atoms with van der Waals surface area (Å²) in [5.41, 5.74) is 1.49. The van der Waals surface area contributed by atoms with E-state index in [2.05, 4.69) is 10.5 Å². The van der Waals surface area contributed by atoms with Crippen molar-refractivity contribution < 1.29 is 18.8 Å². The quantitative estimate of drug-likeness (QED) is 0.899. The summed E-state index contributed by atoms with van der Waals surface area (Å²) >= 11 is 0. The molecule has 0 bridgehead atoms. The van der Waals surface area contributed by atoms with E-state index in [0.29, 0.717) is 18.9 Å². The molecule has 0 aromatic carbocycles. The van der Waals surface area contributed by atoms with Crippen molar-refractivity contribution in [1.82, 2.24) is 10.5 Å². The van der Waals surface area contributed by atoms with E-state index in [4.69, 9.17) is 14.0 Å². The van der Waals surface area contributed by atoms with Crippen molar-refractivity contribution in [2.45, 2.75) is 63.2 Å². The summed E-state index contributed by atoms with van der Waals surface area (Å²) in [7, 11) is 0. The number of aryl methyl sites for hydroxylation is 1. The summed E-state index contributed by atoms with van der Waals surface area (Å²) in [6.45, 7) is 1.34. The maximum Gasteiger partial charge on any atom is 0.273 e. The minimum atomic E-state index is -0.105. The van der Waals surface area contributed by atoms with Gasteiger partial charge < -0.3 is 19.3 Å². The highest BCUT2D eigenvalue weighted by Crippen LogP contribution is 2.28. The smallest absolute Gasteiger partial charge is 0.273 e. The third-order valence-corrected chi connectivity index (χ3v) is 4.98. The van der Waals surface area contributed by atoms with Gasteiger partial charge in [0.05, 0.1) is 25.4 Å². The molecule has 1 saturated carbocycles. The number of fused-ring (bicyclic) bond motifs is 2. The van der Waals surface area contributed by atoms with E-state index >= 15 is 0 Å². The van der Waals surface area contributed by atoms with Gasteiger partial charge in [0, 0.05) is 18.0 Å². The van der Waals surface area contributed by atoms with Crippen LogP contribution in [0.3, 0.4) is 0 Å². The number of hydrogen-bond acceptors (Lipinski definition) is 5. The van der Waals surface area contributed by atoms with Crippen molar-refractivity contribution in [3.05, 3.63) is 17.0 Å². The van der Waals surface area contributed by atoms with Gasteiger partial charge in [-0.1, -0.05) is 5.16 Å². The van der Waals surface area contributed by atoms with Crippen LogP contribution in [0.1, 0.15) is 53.9 Å². The number of rotatable bonds is 2. The molecule has 3 unspecified atom stereocenters. The molecular weight excluding hydrogens is 284 g/mol. The maximum absolute atomic E-state index is 12.5. The lowest BCUT2D eigenvalue weighted by molar-refractivity contribution is -0.157. The third kappa shape index (κ3) is 2.65. The number of hydrogen-bond donors (Lipinski definition) is 1. The average Bonchev–Trinajstić information content (AvgIpc) is 2.99. The Labute approximate surface area is 129 Å². The molecule has 1 amide bonds. The first kappa shape index (κ1) is 14.2. The van der Waals surface area contributed by atoms with Crippen LogP contribution >= 0.6 is 0 Å². The predicted octanol–water partition coefficient (Wildman–Crippen LogP) is 1.62. The van der Waals surface area contributed by atoms with Crippen molar-refractivity contribution >= 4 is 5.91 Å². The van der Waals surface area contributed by atoms with Crippen LogP contribution in [0.25, 0.3) is 0 Å². The largest absolute Gasteiger partial charge is 0.373 e. The average molecular weight is 306 g/mol. The molecule has 6 nitrogen and oxygen atoms in total. The van der Waals surface area contributed by atoms with Crippen molar-refractivity contribution in [2.24, 2.45) is 0 Å². The second-order valence-electron chi connectivity index (χ2n) is 6.44. The Morgan fingerprint density at radius 3 is 2.82 bits per heavy atom. The van der Waals surface area contributed by atoms with E-state index in [1.807, 2.05) is 0 Å². The molecule has 0 spiro atoms. The Balaban J connectivity index is 1.41. The first-order valence-corrected chi connectivity index (χ1v) is 8.33. The standard InChI is InChI=1S/C16H22N2O4/c19-16(15-11-3-1-2-4-12(11)22-18-15)17-10-5-6-13-14(9-10)21-8-7-20-13/h10,13-14H,1-9H2,(H,17,19). The molecule has 1 saturated heterocycles. The molecule has 22 heavy (non-hydrogen) atoms. The molecule has 4 rings (SSSR count). The van der Waals surface area contributed by atoms with E-state index in [1.54, 1.807) is 0 Å². The topological polar surface area (TPSA) is 73.6 Å². The van der Waals surface area contributed by atoms with Crippen LogP contribution in [-0.4, -0.2) is 42.5 Å². The fourth-order valence-electron chi connectivity index (χ4n) is 3.81. The van der Waals surface area contributed by atoms with Gasteiger partial charge in [-0.15, -0.1) is 0 Å². The van der Waals surface area contributed by atoms with Crippen molar-refractivity contribution in [2.75, 3.05) is 13.2 Å². The Morgan fingerprint density at radius 2 is 1.91 bits per heavy atom. The van der Waals surface area contributed by atoms with Crippen LogP contribution in [-0.2, 0) is 22.3 Å². The van der Waals surface area contributed by atoms with Gasteiger partial charge in [0.2, 0.25) is 0 Å². The third-order valence-electron chi connectivity index (χ3n) is 4.98. The van der Waals surface area contributed by atoms with Crippen molar-refractivity contribution in [3.8, 4) is 0 Å². The normalized spacial score (nSPS) is 31.2. The van der Waals surface area contributed by atoms with Gasteiger partial charge in [-0.3, -0.25) is 4.79 Å². The van der Waals surface area contributed by atoms with Crippen LogP contribution < -0.4 is 5.32 Å². The number of carbonyl (C=O) groups is 1. The van der Waals surface area contributed by atoms with E-state index in [9.17, 15) is 4.79 Å². The van der Waals surface area contributed by atoms with Crippen molar-refractivity contribution in [1.29, 1.82) is 0 Å². The lowest BCUT2D eigenvalue weighted by Gasteiger charge is -2.39. The molecule has 120 valence electrons. The Hall–Kier alpha value is -1.40. The van der Waals surface area contributed by atoms with Gasteiger partial charge in [-0.2, -0.15) is 0 Å². The Kier molecular flexibility index (Phi) is 3.88. The number of aromatic nitrogens is 1. The number of carbonyl (C=O) groups excluding carboxylic acids is 1. The van der Waals surface area contributed by atoms with E-state index < -0.39 is 0 Å². The summed E-state index contributed by atoms with van der Waals surface area (Å²) < 4.78 is 16.8. The van der Waals surface area contributed by atoms with Gasteiger partial charge in [0.25, 0.3) is 5.91 Å². The van der Waals surface area contributed by atoms with Gasteiger partial charge in [0.1, 0.15) is 5.76 Å². The molecule has 2 aliphatic carbocycles. The second-order valence-corrected chi connectivity index (χ2v) is 6.44. The Morgan fingerprint density at radius 1 is 1.09 bits per heavy atom. The van der Waals surface area contributed by atoms with E-state index in [0.717, 1.165) is 56.3 Å². The fraction of sp³-hybridized carbons (Fsp3) is 0.750. The predicted molar refractivity (Wildman–Crippen MR) is 77.7 cm³/mol. The molecule has 1 aromatic rings. The molecule has 2 fully saturated rings. The van der Waals surface area contributed by atoms with E-state index in [-0.39, 0.29) is 24.2 Å². The lowest BCUT2D eigenvalue weighted by Crippen LogP contribution is -2.49. The lowest BCUT2D eigenvalue weighted by atomic mass is 9.89. The van der Waals surface area contributed by atoms with Gasteiger partial charge in [-0.05, 0) is 38.5 Å². The number of nitrogens with one attached hydrogen (secondary N) is 1. The van der Waals surface area contributed by atoms with Crippen molar-refractivity contribution in [3.63, 3.8) is 0 Å². The molecule has 2 heterocycles. The summed E-state index contributed by atoms with van der Waals surface area (Å²) in [5.74, 6) is 0.788. The van der Waals surface area contributed by atoms with Crippen LogP contribution in [0.2, 0.25) is 0 Å². The Bertz CT molecular complexity index is 556. The molecule has 0 radical (unpaired) electrons. The van der Waals surface area contributed by atoms with Gasteiger partial charge >= 0.3 is 0 Å². The maximum atomic E-state index is 12.5. The SMILES string of the molecule is O=C(NC1CCC2OCCOC2C1)c1noc2c1CCCC2. The molecule has 3 atom stereocenters. The molecule has 1 N–H and O–H groups in total. The monoisotopic (exact) mass is 306 g/mol. The zero-order valence-corrected chi connectivity index (χ0v) is 12.7. The number of nitrogens with zero attached hydrogens (tertiary/aromatic N) is 1. The zero-order valence-electron chi connectivity index (χ0n) is 12.7. The summed E-state index contributed by atoms with van der Waals surface area (Å²) in [6.07, 6.45) is 7.00. The van der Waals surface area contributed by atoms with Gasteiger partial charge in [-0.25, -0.2) is 0 Å². The molecule has 1 aliphatic heterocycles. The van der Waals surface area contributed by atoms with E-state index in [1.165, 1.54) is 0 Å². The zero-order chi connectivity index (χ0) is 14.9. The second kappa shape index (κ2) is 6.01. The summed E-state index contributed by atoms with van der Waals surface area (Å²) in [5, 5.41) is 7.11. The first-order chi connectivity index (χ1) is 10.8. The number of amides is 1. The fourth-order valence-corrected chi connectivity index (χ4v) is 3.81. The van der Waals surface area contributed by atoms with Crippen LogP contribution in [0, 0.1) is 0 Å². The molecular formula is C16H22N2O4. The summed E-state index contributed by atoms with van der Waals surface area (Å²) in [6, 6.07) is 0.131. The van der Waals surface area contributed by atoms with Crippen LogP contribution in [0.4, 0.5) is 0 Å². The number of ether oxygens (including phenoxy) is 2. The van der Waals surface area contributed by atoms with Gasteiger partial charge in [0.15, 0.2) is 5.69 Å². The highest BCUT2D eigenvalue weighted by molar-refractivity contribution is 5.94. The minimum Gasteiger partial charge on any atom is -0.373 e.